The van der Waals surface area contributed by atoms with E-state index in [0.717, 1.165) is 32.4 Å². The number of hydrogen-bond acceptors (Lipinski definition) is 3. The van der Waals surface area contributed by atoms with E-state index in [0.29, 0.717) is 25.8 Å². The number of amides is 2. The van der Waals surface area contributed by atoms with Gasteiger partial charge in [-0.2, -0.15) is 5.26 Å². The quantitative estimate of drug-likeness (QED) is 0.801. The second-order valence-corrected chi connectivity index (χ2v) is 5.14. The van der Waals surface area contributed by atoms with Gasteiger partial charge in [-0.25, -0.2) is 0 Å². The first-order valence-corrected chi connectivity index (χ1v) is 6.65. The molecule has 1 aliphatic heterocycles. The number of nitrogens with one attached hydrogen (secondary N) is 1. The number of carbonyl (C=O) groups is 2. The van der Waals surface area contributed by atoms with Gasteiger partial charge in [-0.3, -0.25) is 9.59 Å². The summed E-state index contributed by atoms with van der Waals surface area (Å²) in [6.45, 7) is 2.03. The van der Waals surface area contributed by atoms with Gasteiger partial charge in [-0.05, 0) is 32.1 Å². The normalized spacial score (nSPS) is 20.9. The van der Waals surface area contributed by atoms with Crippen LogP contribution in [-0.2, 0) is 9.59 Å². The Balaban J connectivity index is 1.70. The highest BCUT2D eigenvalue weighted by atomic mass is 16.2. The minimum Gasteiger partial charge on any atom is -0.354 e. The summed E-state index contributed by atoms with van der Waals surface area (Å²) in [6.07, 6.45) is 4.73. The van der Waals surface area contributed by atoms with Crippen molar-refractivity contribution in [2.24, 2.45) is 5.41 Å². The van der Waals surface area contributed by atoms with Gasteiger partial charge in [0.1, 0.15) is 5.41 Å². The molecule has 2 aliphatic rings. The molecule has 0 aromatic rings. The van der Waals surface area contributed by atoms with Crippen molar-refractivity contribution in [3.63, 3.8) is 0 Å². The average Bonchev–Trinajstić information content (AvgIpc) is 2.81. The highest BCUT2D eigenvalue weighted by Gasteiger charge is 2.44. The van der Waals surface area contributed by atoms with E-state index in [2.05, 4.69) is 11.4 Å². The molecule has 1 heterocycles. The lowest BCUT2D eigenvalue weighted by Gasteiger charge is -2.33. The standard InChI is InChI=1S/C13H19N3O2/c14-10-13(5-3-6-13)12(18)15-7-4-11(17)16-8-1-2-9-16/h1-9H2,(H,15,18). The topological polar surface area (TPSA) is 73.2 Å². The Morgan fingerprint density at radius 1 is 1.22 bits per heavy atom. The molecule has 1 saturated heterocycles. The third-order valence-corrected chi connectivity index (χ3v) is 3.94. The fraction of sp³-hybridized carbons (Fsp3) is 0.769. The summed E-state index contributed by atoms with van der Waals surface area (Å²) in [5.74, 6) is -0.0992. The lowest BCUT2D eigenvalue weighted by Crippen LogP contribution is -2.45. The number of rotatable bonds is 4. The molecular weight excluding hydrogens is 230 g/mol. The molecule has 2 rings (SSSR count). The van der Waals surface area contributed by atoms with Crippen LogP contribution in [0.3, 0.4) is 0 Å². The molecule has 0 radical (unpaired) electrons. The molecule has 5 heteroatoms. The molecule has 0 atom stereocenters. The van der Waals surface area contributed by atoms with Crippen molar-refractivity contribution in [3.8, 4) is 6.07 Å². The maximum Gasteiger partial charge on any atom is 0.240 e. The van der Waals surface area contributed by atoms with Crippen LogP contribution in [0.2, 0.25) is 0 Å². The third-order valence-electron chi connectivity index (χ3n) is 3.94. The Morgan fingerprint density at radius 2 is 1.89 bits per heavy atom. The molecule has 0 aromatic carbocycles. The van der Waals surface area contributed by atoms with Gasteiger partial charge >= 0.3 is 0 Å². The summed E-state index contributed by atoms with van der Waals surface area (Å²) in [5, 5.41) is 11.7. The van der Waals surface area contributed by atoms with Gasteiger partial charge in [0.05, 0.1) is 6.07 Å². The van der Waals surface area contributed by atoms with Crippen LogP contribution in [0.15, 0.2) is 0 Å². The summed E-state index contributed by atoms with van der Waals surface area (Å²) in [6, 6.07) is 2.10. The van der Waals surface area contributed by atoms with E-state index in [-0.39, 0.29) is 11.8 Å². The molecule has 2 fully saturated rings. The molecule has 0 unspecified atom stereocenters. The van der Waals surface area contributed by atoms with Crippen molar-refractivity contribution in [2.75, 3.05) is 19.6 Å². The van der Waals surface area contributed by atoms with Gasteiger partial charge in [-0.1, -0.05) is 0 Å². The summed E-state index contributed by atoms with van der Waals surface area (Å²) in [4.78, 5) is 25.4. The molecule has 98 valence electrons. The fourth-order valence-corrected chi connectivity index (χ4v) is 2.50. The predicted octanol–water partition coefficient (Wildman–Crippen LogP) is 0.809. The Kier molecular flexibility index (Phi) is 3.85. The van der Waals surface area contributed by atoms with Gasteiger partial charge in [-0.15, -0.1) is 0 Å². The smallest absolute Gasteiger partial charge is 0.240 e. The Hall–Kier alpha value is -1.57. The van der Waals surface area contributed by atoms with Crippen LogP contribution in [-0.4, -0.2) is 36.3 Å². The van der Waals surface area contributed by atoms with E-state index in [1.807, 2.05) is 4.90 Å². The predicted molar refractivity (Wildman–Crippen MR) is 65.3 cm³/mol. The molecule has 18 heavy (non-hydrogen) atoms. The number of nitriles is 1. The molecule has 0 bridgehead atoms. The van der Waals surface area contributed by atoms with Gasteiger partial charge in [0, 0.05) is 26.1 Å². The van der Waals surface area contributed by atoms with Gasteiger partial charge in [0.15, 0.2) is 0 Å². The Morgan fingerprint density at radius 3 is 2.39 bits per heavy atom. The van der Waals surface area contributed by atoms with Crippen LogP contribution in [0.1, 0.15) is 38.5 Å². The molecule has 2 amide bonds. The van der Waals surface area contributed by atoms with Crippen LogP contribution >= 0.6 is 0 Å². The average molecular weight is 249 g/mol. The number of carbonyl (C=O) groups excluding carboxylic acids is 2. The van der Waals surface area contributed by atoms with E-state index in [9.17, 15) is 9.59 Å². The third kappa shape index (κ3) is 2.47. The maximum absolute atomic E-state index is 11.8. The fourth-order valence-electron chi connectivity index (χ4n) is 2.50. The summed E-state index contributed by atoms with van der Waals surface area (Å²) >= 11 is 0. The SMILES string of the molecule is N#CC1(C(=O)NCCC(=O)N2CCCC2)CCC1. The highest BCUT2D eigenvalue weighted by molar-refractivity contribution is 5.86. The second kappa shape index (κ2) is 5.38. The lowest BCUT2D eigenvalue weighted by molar-refractivity contribution is -0.132. The molecule has 0 spiro atoms. The lowest BCUT2D eigenvalue weighted by atomic mass is 9.69. The van der Waals surface area contributed by atoms with Crippen LogP contribution in [0.4, 0.5) is 0 Å². The summed E-state index contributed by atoms with van der Waals surface area (Å²) in [7, 11) is 0. The van der Waals surface area contributed by atoms with Crippen molar-refractivity contribution in [2.45, 2.75) is 38.5 Å². The van der Waals surface area contributed by atoms with Gasteiger partial charge < -0.3 is 10.2 Å². The highest BCUT2D eigenvalue weighted by Crippen LogP contribution is 2.40. The van der Waals surface area contributed by atoms with E-state index >= 15 is 0 Å². The number of nitrogens with zero attached hydrogens (tertiary/aromatic N) is 2. The first-order chi connectivity index (χ1) is 8.68. The zero-order valence-corrected chi connectivity index (χ0v) is 10.6. The Bertz CT molecular complexity index is 376. The first-order valence-electron chi connectivity index (χ1n) is 6.65. The molecule has 5 nitrogen and oxygen atoms in total. The van der Waals surface area contributed by atoms with Crippen molar-refractivity contribution >= 4 is 11.8 Å². The van der Waals surface area contributed by atoms with Crippen LogP contribution in [0, 0.1) is 16.7 Å². The summed E-state index contributed by atoms with van der Waals surface area (Å²) in [5.41, 5.74) is -0.809. The van der Waals surface area contributed by atoms with E-state index in [4.69, 9.17) is 5.26 Å². The van der Waals surface area contributed by atoms with Crippen molar-refractivity contribution < 1.29 is 9.59 Å². The minimum atomic E-state index is -0.809. The maximum atomic E-state index is 11.8. The number of hydrogen-bond donors (Lipinski definition) is 1. The zero-order valence-electron chi connectivity index (χ0n) is 10.6. The summed E-state index contributed by atoms with van der Waals surface area (Å²) < 4.78 is 0. The molecule has 0 aromatic heterocycles. The monoisotopic (exact) mass is 249 g/mol. The second-order valence-electron chi connectivity index (χ2n) is 5.14. The molecule has 1 N–H and O–H groups in total. The largest absolute Gasteiger partial charge is 0.354 e. The van der Waals surface area contributed by atoms with Crippen LogP contribution in [0.5, 0.6) is 0 Å². The van der Waals surface area contributed by atoms with Crippen molar-refractivity contribution in [1.82, 2.24) is 10.2 Å². The van der Waals surface area contributed by atoms with Crippen molar-refractivity contribution in [3.05, 3.63) is 0 Å². The molecule has 1 saturated carbocycles. The van der Waals surface area contributed by atoms with E-state index in [1.54, 1.807) is 0 Å². The first kappa shape index (κ1) is 12.9. The van der Waals surface area contributed by atoms with Crippen LogP contribution < -0.4 is 5.32 Å². The van der Waals surface area contributed by atoms with Crippen LogP contribution in [0.25, 0.3) is 0 Å². The Labute approximate surface area is 107 Å². The van der Waals surface area contributed by atoms with E-state index < -0.39 is 5.41 Å². The minimum absolute atomic E-state index is 0.104. The number of likely N-dealkylation sites (tertiary alicyclic amines) is 1. The van der Waals surface area contributed by atoms with E-state index in [1.165, 1.54) is 0 Å². The van der Waals surface area contributed by atoms with Crippen molar-refractivity contribution in [1.29, 1.82) is 5.26 Å². The van der Waals surface area contributed by atoms with Gasteiger partial charge in [0.2, 0.25) is 11.8 Å². The van der Waals surface area contributed by atoms with Gasteiger partial charge in [0.25, 0.3) is 0 Å². The molecular formula is C13H19N3O2. The zero-order chi connectivity index (χ0) is 13.0. The molecule has 1 aliphatic carbocycles.